The van der Waals surface area contributed by atoms with E-state index in [4.69, 9.17) is 14.2 Å². The van der Waals surface area contributed by atoms with E-state index in [0.717, 1.165) is 77.0 Å². The van der Waals surface area contributed by atoms with Crippen LogP contribution >= 0.6 is 0 Å². The first kappa shape index (κ1) is 69.4. The summed E-state index contributed by atoms with van der Waals surface area (Å²) >= 11 is 0. The largest absolute Gasteiger partial charge is 0.462 e. The molecule has 0 rings (SSSR count). The number of hydrogen-bond acceptors (Lipinski definition) is 6. The number of carbonyl (C=O) groups excluding carboxylic acids is 3. The molecule has 0 bridgehead atoms. The zero-order valence-electron chi connectivity index (χ0n) is 48.2. The van der Waals surface area contributed by atoms with E-state index in [1.165, 1.54) is 218 Å². The van der Waals surface area contributed by atoms with Crippen LogP contribution in [0.2, 0.25) is 0 Å². The van der Waals surface area contributed by atoms with Gasteiger partial charge in [-0.2, -0.15) is 0 Å². The molecule has 0 aromatic rings. The van der Waals surface area contributed by atoms with Gasteiger partial charge >= 0.3 is 17.9 Å². The minimum atomic E-state index is -0.778. The van der Waals surface area contributed by atoms with Gasteiger partial charge in [-0.05, 0) is 96.3 Å². The van der Waals surface area contributed by atoms with Crippen molar-refractivity contribution in [1.29, 1.82) is 0 Å². The summed E-state index contributed by atoms with van der Waals surface area (Å²) in [5, 5.41) is 0. The molecule has 0 saturated carbocycles. The third-order valence-electron chi connectivity index (χ3n) is 14.0. The lowest BCUT2D eigenvalue weighted by atomic mass is 10.0. The number of unbranched alkanes of at least 4 members (excludes halogenated alkanes) is 39. The molecule has 420 valence electrons. The van der Waals surface area contributed by atoms with Gasteiger partial charge in [-0.15, -0.1) is 0 Å². The summed E-state index contributed by atoms with van der Waals surface area (Å²) in [6.07, 6.45) is 75.5. The van der Waals surface area contributed by atoms with Crippen molar-refractivity contribution in [3.63, 3.8) is 0 Å². The second-order valence-electron chi connectivity index (χ2n) is 21.3. The predicted octanol–water partition coefficient (Wildman–Crippen LogP) is 21.4. The summed E-state index contributed by atoms with van der Waals surface area (Å²) < 4.78 is 16.9. The van der Waals surface area contributed by atoms with Gasteiger partial charge in [-0.3, -0.25) is 14.4 Å². The molecule has 0 radical (unpaired) electrons. The van der Waals surface area contributed by atoms with Gasteiger partial charge in [0.25, 0.3) is 0 Å². The van der Waals surface area contributed by atoms with E-state index in [1.54, 1.807) is 0 Å². The van der Waals surface area contributed by atoms with E-state index < -0.39 is 6.10 Å². The average molecular weight is 1010 g/mol. The molecule has 6 nitrogen and oxygen atoms in total. The highest BCUT2D eigenvalue weighted by Crippen LogP contribution is 2.17. The van der Waals surface area contributed by atoms with Crippen LogP contribution in [-0.2, 0) is 28.6 Å². The molecule has 72 heavy (non-hydrogen) atoms. The van der Waals surface area contributed by atoms with Crippen LogP contribution in [0.4, 0.5) is 0 Å². The molecule has 0 fully saturated rings. The minimum absolute atomic E-state index is 0.0758. The molecule has 0 aromatic carbocycles. The Morgan fingerprint density at radius 2 is 0.528 bits per heavy atom. The molecule has 0 spiro atoms. The van der Waals surface area contributed by atoms with E-state index in [2.05, 4.69) is 69.4 Å². The summed E-state index contributed by atoms with van der Waals surface area (Å²) in [4.78, 5) is 38.2. The lowest BCUT2D eigenvalue weighted by Gasteiger charge is -2.18. The topological polar surface area (TPSA) is 78.9 Å². The van der Waals surface area contributed by atoms with Crippen molar-refractivity contribution in [2.75, 3.05) is 13.2 Å². The summed E-state index contributed by atoms with van der Waals surface area (Å²) in [5.74, 6) is -0.876. The number of rotatable bonds is 58. The van der Waals surface area contributed by atoms with Crippen molar-refractivity contribution in [2.24, 2.45) is 0 Å². The minimum Gasteiger partial charge on any atom is -0.462 e. The average Bonchev–Trinajstić information content (AvgIpc) is 3.38. The fourth-order valence-electron chi connectivity index (χ4n) is 9.24. The molecular formula is C66H120O6. The molecule has 0 aliphatic rings. The Balaban J connectivity index is 4.23. The van der Waals surface area contributed by atoms with Crippen LogP contribution in [0.5, 0.6) is 0 Å². The molecule has 1 unspecified atom stereocenters. The Morgan fingerprint density at radius 3 is 0.833 bits per heavy atom. The zero-order valence-corrected chi connectivity index (χ0v) is 48.2. The van der Waals surface area contributed by atoms with Gasteiger partial charge in [0.2, 0.25) is 0 Å². The van der Waals surface area contributed by atoms with Crippen molar-refractivity contribution in [1.82, 2.24) is 0 Å². The molecule has 0 saturated heterocycles. The zero-order chi connectivity index (χ0) is 52.2. The van der Waals surface area contributed by atoms with Crippen molar-refractivity contribution in [3.05, 3.63) is 48.6 Å². The van der Waals surface area contributed by atoms with E-state index in [0.29, 0.717) is 19.3 Å². The van der Waals surface area contributed by atoms with Gasteiger partial charge in [-0.1, -0.05) is 268 Å². The monoisotopic (exact) mass is 1010 g/mol. The molecule has 0 aromatic heterocycles. The van der Waals surface area contributed by atoms with E-state index >= 15 is 0 Å². The normalized spacial score (nSPS) is 12.3. The van der Waals surface area contributed by atoms with Crippen LogP contribution in [0.1, 0.15) is 335 Å². The van der Waals surface area contributed by atoms with Gasteiger partial charge in [0.1, 0.15) is 13.2 Å². The Morgan fingerprint density at radius 1 is 0.278 bits per heavy atom. The molecular weight excluding hydrogens is 889 g/mol. The van der Waals surface area contributed by atoms with Crippen LogP contribution < -0.4 is 0 Å². The van der Waals surface area contributed by atoms with Gasteiger partial charge in [0, 0.05) is 19.3 Å². The second kappa shape index (κ2) is 60.9. The number of esters is 3. The number of carbonyl (C=O) groups is 3. The first-order valence-electron chi connectivity index (χ1n) is 31.6. The molecule has 6 heteroatoms. The van der Waals surface area contributed by atoms with Gasteiger partial charge in [0.05, 0.1) is 0 Å². The summed E-state index contributed by atoms with van der Waals surface area (Å²) in [6.45, 7) is 6.60. The molecule has 0 amide bonds. The van der Waals surface area contributed by atoms with Crippen molar-refractivity contribution in [2.45, 2.75) is 341 Å². The van der Waals surface area contributed by atoms with E-state index in [1.807, 2.05) is 0 Å². The highest BCUT2D eigenvalue weighted by molar-refractivity contribution is 5.71. The Bertz CT molecular complexity index is 1250. The Kier molecular flexibility index (Phi) is 58.7. The quantitative estimate of drug-likeness (QED) is 0.0261. The predicted molar refractivity (Wildman–Crippen MR) is 312 cm³/mol. The maximum atomic E-state index is 12.9. The molecule has 0 heterocycles. The maximum Gasteiger partial charge on any atom is 0.306 e. The lowest BCUT2D eigenvalue weighted by molar-refractivity contribution is -0.167. The molecule has 0 aliphatic carbocycles. The van der Waals surface area contributed by atoms with Crippen LogP contribution in [0.3, 0.4) is 0 Å². The van der Waals surface area contributed by atoms with Crippen LogP contribution in [0.25, 0.3) is 0 Å². The highest BCUT2D eigenvalue weighted by Gasteiger charge is 2.19. The first-order valence-corrected chi connectivity index (χ1v) is 31.6. The SMILES string of the molecule is CCC/C=C\CCCCCCCC(=O)OCC(COC(=O)CCCCCCCCCCCCC/C=C\CCCCCCCCCC)OC(=O)CCCCCCCCCCC/C=C\C/C=C\CCCCCCC. The first-order chi connectivity index (χ1) is 35.5. The molecule has 0 N–H and O–H groups in total. The Labute approximate surface area is 448 Å². The van der Waals surface area contributed by atoms with Crippen LogP contribution in [-0.4, -0.2) is 37.2 Å². The second-order valence-corrected chi connectivity index (χ2v) is 21.3. The third-order valence-corrected chi connectivity index (χ3v) is 14.0. The Hall–Kier alpha value is -2.63. The van der Waals surface area contributed by atoms with Crippen LogP contribution in [0.15, 0.2) is 48.6 Å². The van der Waals surface area contributed by atoms with Crippen molar-refractivity contribution >= 4 is 17.9 Å². The molecule has 0 aliphatic heterocycles. The lowest BCUT2D eigenvalue weighted by Crippen LogP contribution is -2.30. The maximum absolute atomic E-state index is 12.9. The number of allylic oxidation sites excluding steroid dienone is 8. The fourth-order valence-corrected chi connectivity index (χ4v) is 9.24. The van der Waals surface area contributed by atoms with Gasteiger partial charge in [0.15, 0.2) is 6.10 Å². The summed E-state index contributed by atoms with van der Waals surface area (Å²) in [5.41, 5.74) is 0. The number of hydrogen-bond donors (Lipinski definition) is 0. The smallest absolute Gasteiger partial charge is 0.306 e. The van der Waals surface area contributed by atoms with E-state index in [9.17, 15) is 14.4 Å². The number of ether oxygens (including phenoxy) is 3. The third kappa shape index (κ3) is 58.3. The summed E-state index contributed by atoms with van der Waals surface area (Å²) in [7, 11) is 0. The van der Waals surface area contributed by atoms with E-state index in [-0.39, 0.29) is 31.1 Å². The van der Waals surface area contributed by atoms with Gasteiger partial charge < -0.3 is 14.2 Å². The van der Waals surface area contributed by atoms with Crippen molar-refractivity contribution < 1.29 is 28.6 Å². The van der Waals surface area contributed by atoms with Crippen molar-refractivity contribution in [3.8, 4) is 0 Å². The fraction of sp³-hybridized carbons (Fsp3) is 0.833. The molecule has 1 atom stereocenters. The van der Waals surface area contributed by atoms with Crippen LogP contribution in [0, 0.1) is 0 Å². The summed E-state index contributed by atoms with van der Waals surface area (Å²) in [6, 6.07) is 0. The highest BCUT2D eigenvalue weighted by atomic mass is 16.6. The standard InChI is InChI=1S/C66H120O6/c1-4-7-10-13-16-19-22-24-26-28-30-32-33-35-36-38-40-42-44-47-50-53-56-59-65(68)71-62-63(61-70-64(67)58-55-52-49-46-21-18-15-12-9-6-3)72-66(69)60-57-54-51-48-45-43-41-39-37-34-31-29-27-25-23-20-17-14-11-8-5-2/h12,15,23,25,28-31,63H,4-11,13-14,16-22,24,26-27,32-62H2,1-3H3/b15-12-,25-23-,30-28-,31-29-. The van der Waals surface area contributed by atoms with Gasteiger partial charge in [-0.25, -0.2) is 0 Å².